The molecular formula is C22H25F2N5OS. The zero-order chi connectivity index (χ0) is 21.8. The van der Waals surface area contributed by atoms with Crippen LogP contribution in [-0.2, 0) is 4.79 Å². The van der Waals surface area contributed by atoms with Crippen LogP contribution < -0.4 is 10.6 Å². The van der Waals surface area contributed by atoms with E-state index in [0.717, 1.165) is 39.2 Å². The number of hydrogen-bond donors (Lipinski definition) is 2. The summed E-state index contributed by atoms with van der Waals surface area (Å²) >= 11 is 1.54. The number of nitrogens with zero attached hydrogens (tertiary/aromatic N) is 3. The number of carbonyl (C=O) groups is 1. The maximum Gasteiger partial charge on any atom is 0.228 e. The van der Waals surface area contributed by atoms with Gasteiger partial charge in [0.05, 0.1) is 6.04 Å². The largest absolute Gasteiger partial charge is 0.310 e. The first-order valence-corrected chi connectivity index (χ1v) is 11.3. The zero-order valence-electron chi connectivity index (χ0n) is 17.3. The predicted octanol–water partition coefficient (Wildman–Crippen LogP) is 4.46. The van der Waals surface area contributed by atoms with Gasteiger partial charge in [0.2, 0.25) is 5.91 Å². The molecule has 1 aromatic carbocycles. The maximum atomic E-state index is 12.7. The minimum atomic E-state index is -0.744. The Morgan fingerprint density at radius 3 is 2.58 bits per heavy atom. The summed E-state index contributed by atoms with van der Waals surface area (Å²) in [4.78, 5) is 17.1. The molecule has 1 saturated carbocycles. The molecule has 0 radical (unpaired) electrons. The molecule has 0 unspecified atom stereocenters. The highest BCUT2D eigenvalue weighted by atomic mass is 32.1. The highest BCUT2D eigenvalue weighted by Crippen LogP contribution is 2.29. The summed E-state index contributed by atoms with van der Waals surface area (Å²) in [5, 5.41) is 17.9. The van der Waals surface area contributed by atoms with Crippen LogP contribution in [0, 0.1) is 12.8 Å². The van der Waals surface area contributed by atoms with Gasteiger partial charge in [-0.2, -0.15) is 0 Å². The Morgan fingerprint density at radius 2 is 1.90 bits per heavy atom. The molecule has 0 bridgehead atoms. The topological polar surface area (TPSA) is 79.8 Å². The van der Waals surface area contributed by atoms with Crippen LogP contribution in [0.2, 0.25) is 0 Å². The van der Waals surface area contributed by atoms with Crippen LogP contribution in [0.15, 0.2) is 30.5 Å². The second kappa shape index (κ2) is 9.74. The van der Waals surface area contributed by atoms with Crippen LogP contribution >= 0.6 is 11.3 Å². The van der Waals surface area contributed by atoms with Crippen LogP contribution in [0.25, 0.3) is 21.3 Å². The number of amides is 1. The van der Waals surface area contributed by atoms with Crippen LogP contribution in [-0.4, -0.2) is 46.5 Å². The molecule has 3 aromatic rings. The Morgan fingerprint density at radius 1 is 1.13 bits per heavy atom. The quantitative estimate of drug-likeness (QED) is 0.561. The lowest BCUT2D eigenvalue weighted by atomic mass is 9.85. The van der Waals surface area contributed by atoms with Crippen molar-refractivity contribution in [3.05, 3.63) is 35.5 Å². The van der Waals surface area contributed by atoms with Crippen molar-refractivity contribution in [2.75, 3.05) is 18.7 Å². The van der Waals surface area contributed by atoms with Gasteiger partial charge in [-0.3, -0.25) is 4.79 Å². The standard InChI is InChI=1S/C22H25F2N5OS/c1-13-28-29-22(31-13)15-2-3-16-12-25-20(9-17(16)8-15)27-21(30)14-4-6-18(7-5-14)26-19(10-23)11-24/h2-3,8-9,12,14,18-19,26H,4-7,10-11H2,1H3,(H,25,27,30)/t14-,18-. The fourth-order valence-electron chi connectivity index (χ4n) is 3.97. The van der Waals surface area contributed by atoms with E-state index in [1.165, 1.54) is 11.3 Å². The molecule has 6 nitrogen and oxygen atoms in total. The first-order chi connectivity index (χ1) is 15.1. The summed E-state index contributed by atoms with van der Waals surface area (Å²) in [5.41, 5.74) is 0.979. The molecule has 9 heteroatoms. The third-order valence-corrected chi connectivity index (χ3v) is 6.58. The average Bonchev–Trinajstić information content (AvgIpc) is 3.23. The molecule has 0 aliphatic heterocycles. The third kappa shape index (κ3) is 5.22. The number of fused-ring (bicyclic) bond motifs is 1. The molecule has 2 heterocycles. The normalized spacial score (nSPS) is 19.1. The number of alkyl halides is 2. The summed E-state index contributed by atoms with van der Waals surface area (Å²) < 4.78 is 25.4. The van der Waals surface area contributed by atoms with E-state index in [4.69, 9.17) is 0 Å². The molecule has 31 heavy (non-hydrogen) atoms. The summed E-state index contributed by atoms with van der Waals surface area (Å²) in [6.45, 7) is 0.486. The minimum Gasteiger partial charge on any atom is -0.310 e. The van der Waals surface area contributed by atoms with Gasteiger partial charge in [-0.05, 0) is 50.1 Å². The zero-order valence-corrected chi connectivity index (χ0v) is 18.1. The Hall–Kier alpha value is -2.52. The predicted molar refractivity (Wildman–Crippen MR) is 119 cm³/mol. The molecule has 164 valence electrons. The molecule has 0 spiro atoms. The SMILES string of the molecule is Cc1nnc(-c2ccc3cnc(NC(=O)[C@H]4CC[C@H](NC(CF)CF)CC4)cc3c2)s1. The fourth-order valence-corrected chi connectivity index (χ4v) is 4.66. The van der Waals surface area contributed by atoms with Crippen molar-refractivity contribution >= 4 is 33.8 Å². The summed E-state index contributed by atoms with van der Waals surface area (Å²) in [6.07, 6.45) is 4.57. The average molecular weight is 446 g/mol. The van der Waals surface area contributed by atoms with Crippen LogP contribution in [0.3, 0.4) is 0 Å². The van der Waals surface area contributed by atoms with Crippen molar-refractivity contribution in [3.63, 3.8) is 0 Å². The Bertz CT molecular complexity index is 1050. The Balaban J connectivity index is 1.39. The number of aryl methyl sites for hydroxylation is 1. The first kappa shape index (κ1) is 21.7. The van der Waals surface area contributed by atoms with Crippen molar-refractivity contribution < 1.29 is 13.6 Å². The Kier molecular flexibility index (Phi) is 6.82. The van der Waals surface area contributed by atoms with Crippen LogP contribution in [0.5, 0.6) is 0 Å². The van der Waals surface area contributed by atoms with E-state index in [0.29, 0.717) is 18.7 Å². The molecule has 2 N–H and O–H groups in total. The number of rotatable bonds is 7. The lowest BCUT2D eigenvalue weighted by Gasteiger charge is -2.30. The van der Waals surface area contributed by atoms with Crippen molar-refractivity contribution in [2.45, 2.75) is 44.7 Å². The molecule has 1 amide bonds. The molecule has 0 saturated heterocycles. The van der Waals surface area contributed by atoms with Gasteiger partial charge in [0.15, 0.2) is 0 Å². The number of halogens is 2. The molecule has 1 aliphatic rings. The monoisotopic (exact) mass is 445 g/mol. The number of carbonyl (C=O) groups excluding carboxylic acids is 1. The minimum absolute atomic E-state index is 0.0572. The van der Waals surface area contributed by atoms with E-state index in [-0.39, 0.29) is 17.9 Å². The number of pyridine rings is 1. The van der Waals surface area contributed by atoms with E-state index >= 15 is 0 Å². The van der Waals surface area contributed by atoms with Crippen molar-refractivity contribution in [1.29, 1.82) is 0 Å². The van der Waals surface area contributed by atoms with E-state index in [1.54, 1.807) is 6.20 Å². The fraction of sp³-hybridized carbons (Fsp3) is 0.455. The summed E-state index contributed by atoms with van der Waals surface area (Å²) in [7, 11) is 0. The van der Waals surface area contributed by atoms with Gasteiger partial charge < -0.3 is 10.6 Å². The van der Waals surface area contributed by atoms with Crippen LogP contribution in [0.4, 0.5) is 14.6 Å². The smallest absolute Gasteiger partial charge is 0.228 e. The van der Waals surface area contributed by atoms with Crippen molar-refractivity contribution in [3.8, 4) is 10.6 Å². The highest BCUT2D eigenvalue weighted by Gasteiger charge is 2.27. The Labute approximate surface area is 183 Å². The third-order valence-electron chi connectivity index (χ3n) is 5.69. The van der Waals surface area contributed by atoms with Gasteiger partial charge in [0, 0.05) is 29.1 Å². The molecule has 1 fully saturated rings. The van der Waals surface area contributed by atoms with Crippen molar-refractivity contribution in [2.24, 2.45) is 5.92 Å². The highest BCUT2D eigenvalue weighted by molar-refractivity contribution is 7.14. The molecular weight excluding hydrogens is 420 g/mol. The number of hydrogen-bond acceptors (Lipinski definition) is 6. The van der Waals surface area contributed by atoms with Gasteiger partial charge in [-0.15, -0.1) is 10.2 Å². The van der Waals surface area contributed by atoms with Gasteiger partial charge in [-0.1, -0.05) is 23.5 Å². The first-order valence-electron chi connectivity index (χ1n) is 10.4. The summed E-state index contributed by atoms with van der Waals surface area (Å²) in [6, 6.07) is 7.18. The number of nitrogens with one attached hydrogen (secondary N) is 2. The number of aromatic nitrogens is 3. The molecule has 4 rings (SSSR count). The lowest BCUT2D eigenvalue weighted by Crippen LogP contribution is -2.44. The molecule has 0 atom stereocenters. The van der Waals surface area contributed by atoms with Gasteiger partial charge in [0.25, 0.3) is 0 Å². The molecule has 1 aliphatic carbocycles. The number of anilines is 1. The maximum absolute atomic E-state index is 12.7. The van der Waals surface area contributed by atoms with Gasteiger partial charge in [-0.25, -0.2) is 13.8 Å². The van der Waals surface area contributed by atoms with E-state index < -0.39 is 19.4 Å². The second-order valence-electron chi connectivity index (χ2n) is 7.97. The van der Waals surface area contributed by atoms with Crippen molar-refractivity contribution in [1.82, 2.24) is 20.5 Å². The van der Waals surface area contributed by atoms with Gasteiger partial charge >= 0.3 is 0 Å². The van der Waals surface area contributed by atoms with E-state index in [9.17, 15) is 13.6 Å². The van der Waals surface area contributed by atoms with E-state index in [2.05, 4.69) is 25.8 Å². The summed E-state index contributed by atoms with van der Waals surface area (Å²) in [5.74, 6) is 0.326. The molecule has 2 aromatic heterocycles. The second-order valence-corrected chi connectivity index (χ2v) is 9.15. The lowest BCUT2D eigenvalue weighted by molar-refractivity contribution is -0.120. The van der Waals surface area contributed by atoms with Crippen LogP contribution in [0.1, 0.15) is 30.7 Å². The van der Waals surface area contributed by atoms with Gasteiger partial charge in [0.1, 0.15) is 29.2 Å². The van der Waals surface area contributed by atoms with E-state index in [1.807, 2.05) is 31.2 Å². The number of benzene rings is 1.